The first-order valence-corrected chi connectivity index (χ1v) is 2.75. The smallest absolute Gasteiger partial charge is 0.870 e. The average Bonchev–Trinajstić information content (AvgIpc) is 2.36. The second-order valence-electron chi connectivity index (χ2n) is 1.86. The monoisotopic (exact) mass is 176 g/mol. The molecule has 0 saturated carbocycles. The van der Waals surface area contributed by atoms with Crippen molar-refractivity contribution in [2.75, 3.05) is 0 Å². The van der Waals surface area contributed by atoms with Crippen molar-refractivity contribution >= 4 is 11.0 Å². The molecular formula is C5H5N4NaO2. The van der Waals surface area contributed by atoms with E-state index in [-0.39, 0.29) is 40.6 Å². The summed E-state index contributed by atoms with van der Waals surface area (Å²) < 4.78 is 0. The van der Waals surface area contributed by atoms with E-state index in [1.54, 1.807) is 0 Å². The maximum absolute atomic E-state index is 10.9. The fourth-order valence-corrected chi connectivity index (χ4v) is 0.777. The van der Waals surface area contributed by atoms with Gasteiger partial charge in [0.25, 0.3) is 5.56 Å². The number of aromatic nitrogens is 4. The molecule has 58 valence electrons. The molecule has 0 spiro atoms. The van der Waals surface area contributed by atoms with Gasteiger partial charge in [0.15, 0.2) is 5.65 Å². The van der Waals surface area contributed by atoms with Gasteiger partial charge in [0.1, 0.15) is 5.39 Å². The fraction of sp³-hybridized carbons (Fsp3) is 0. The van der Waals surface area contributed by atoms with Crippen LogP contribution in [-0.2, 0) is 0 Å². The molecule has 0 fully saturated rings. The summed E-state index contributed by atoms with van der Waals surface area (Å²) in [6, 6.07) is 0. The van der Waals surface area contributed by atoms with Crippen LogP contribution in [0.4, 0.5) is 0 Å². The van der Waals surface area contributed by atoms with Crippen molar-refractivity contribution in [1.29, 1.82) is 0 Å². The van der Waals surface area contributed by atoms with Crippen LogP contribution >= 0.6 is 0 Å². The molecule has 7 heteroatoms. The summed E-state index contributed by atoms with van der Waals surface area (Å²) in [6.07, 6.45) is 2.78. The predicted octanol–water partition coefficient (Wildman–Crippen LogP) is -3.53. The Morgan fingerprint density at radius 1 is 1.42 bits per heavy atom. The van der Waals surface area contributed by atoms with Gasteiger partial charge < -0.3 is 10.5 Å². The third-order valence-electron chi connectivity index (χ3n) is 1.25. The zero-order valence-electron chi connectivity index (χ0n) is 6.40. The molecule has 3 N–H and O–H groups in total. The summed E-state index contributed by atoms with van der Waals surface area (Å²) in [6.45, 7) is 0. The summed E-state index contributed by atoms with van der Waals surface area (Å²) in [4.78, 5) is 17.1. The molecule has 0 amide bonds. The van der Waals surface area contributed by atoms with E-state index in [1.807, 2.05) is 0 Å². The van der Waals surface area contributed by atoms with E-state index in [0.717, 1.165) is 0 Å². The second kappa shape index (κ2) is 4.36. The fourth-order valence-electron chi connectivity index (χ4n) is 0.777. The van der Waals surface area contributed by atoms with E-state index < -0.39 is 0 Å². The number of hydrogen-bond donors (Lipinski definition) is 2. The molecule has 2 rings (SSSR count). The van der Waals surface area contributed by atoms with Gasteiger partial charge in [-0.25, -0.2) is 4.98 Å². The Bertz CT molecular complexity index is 409. The normalized spacial score (nSPS) is 8.67. The summed E-state index contributed by atoms with van der Waals surface area (Å²) in [7, 11) is 0. The van der Waals surface area contributed by atoms with Crippen LogP contribution < -0.4 is 35.1 Å². The molecule has 0 unspecified atom stereocenters. The molecule has 0 bridgehead atoms. The number of fused-ring (bicyclic) bond motifs is 1. The quantitative estimate of drug-likeness (QED) is 0.406. The first-order valence-electron chi connectivity index (χ1n) is 2.75. The first kappa shape index (κ1) is 11.3. The average molecular weight is 176 g/mol. The van der Waals surface area contributed by atoms with Crippen LogP contribution in [0.5, 0.6) is 0 Å². The van der Waals surface area contributed by atoms with Gasteiger partial charge in [-0.2, -0.15) is 5.10 Å². The molecule has 0 aliphatic rings. The second-order valence-corrected chi connectivity index (χ2v) is 1.86. The van der Waals surface area contributed by atoms with Crippen LogP contribution in [0.25, 0.3) is 11.0 Å². The Morgan fingerprint density at radius 2 is 2.17 bits per heavy atom. The molecule has 0 aromatic carbocycles. The van der Waals surface area contributed by atoms with Crippen LogP contribution in [0.1, 0.15) is 0 Å². The largest absolute Gasteiger partial charge is 1.00 e. The van der Waals surface area contributed by atoms with E-state index >= 15 is 0 Å². The minimum absolute atomic E-state index is 0. The van der Waals surface area contributed by atoms with Crippen molar-refractivity contribution in [2.24, 2.45) is 0 Å². The van der Waals surface area contributed by atoms with E-state index in [0.29, 0.717) is 11.0 Å². The minimum atomic E-state index is -0.168. The minimum Gasteiger partial charge on any atom is -0.870 e. The number of nitrogens with one attached hydrogen (secondary N) is 2. The van der Waals surface area contributed by atoms with Crippen molar-refractivity contribution in [1.82, 2.24) is 20.2 Å². The van der Waals surface area contributed by atoms with Gasteiger partial charge in [0, 0.05) is 0 Å². The Balaban J connectivity index is 0.000000605. The predicted molar refractivity (Wildman–Crippen MR) is 36.4 cm³/mol. The molecule has 6 nitrogen and oxygen atoms in total. The van der Waals surface area contributed by atoms with Gasteiger partial charge in [0.2, 0.25) is 0 Å². The Labute approximate surface area is 89.0 Å². The molecular weight excluding hydrogens is 171 g/mol. The van der Waals surface area contributed by atoms with Gasteiger partial charge in [-0.3, -0.25) is 9.89 Å². The zero-order chi connectivity index (χ0) is 6.97. The summed E-state index contributed by atoms with van der Waals surface area (Å²) in [5.74, 6) is 0. The van der Waals surface area contributed by atoms with E-state index in [4.69, 9.17) is 0 Å². The van der Waals surface area contributed by atoms with Crippen LogP contribution in [0.3, 0.4) is 0 Å². The molecule has 0 saturated heterocycles. The van der Waals surface area contributed by atoms with Crippen molar-refractivity contribution < 1.29 is 35.0 Å². The Kier molecular flexibility index (Phi) is 4.11. The van der Waals surface area contributed by atoms with Crippen LogP contribution in [0, 0.1) is 0 Å². The zero-order valence-corrected chi connectivity index (χ0v) is 8.40. The van der Waals surface area contributed by atoms with E-state index in [9.17, 15) is 4.79 Å². The summed E-state index contributed by atoms with van der Waals surface area (Å²) in [5.41, 5.74) is 0.350. The van der Waals surface area contributed by atoms with Gasteiger partial charge in [-0.15, -0.1) is 0 Å². The first-order chi connectivity index (χ1) is 4.88. The van der Waals surface area contributed by atoms with Crippen LogP contribution in [-0.4, -0.2) is 25.6 Å². The molecule has 2 heterocycles. The van der Waals surface area contributed by atoms with Crippen LogP contribution in [0.2, 0.25) is 0 Å². The van der Waals surface area contributed by atoms with E-state index in [1.165, 1.54) is 12.5 Å². The van der Waals surface area contributed by atoms with E-state index in [2.05, 4.69) is 20.2 Å². The molecule has 0 aliphatic heterocycles. The van der Waals surface area contributed by atoms with Crippen molar-refractivity contribution in [3.05, 3.63) is 22.9 Å². The molecule has 12 heavy (non-hydrogen) atoms. The molecule has 0 radical (unpaired) electrons. The molecule has 2 aromatic heterocycles. The SMILES string of the molecule is O=c1[nH]cnc2[nH]ncc12.[Na+].[OH-]. The van der Waals surface area contributed by atoms with Gasteiger partial charge in [-0.1, -0.05) is 0 Å². The maximum atomic E-state index is 10.9. The van der Waals surface area contributed by atoms with Crippen molar-refractivity contribution in [3.63, 3.8) is 0 Å². The number of aromatic amines is 2. The Hall–Kier alpha value is -0.690. The van der Waals surface area contributed by atoms with Crippen LogP contribution in [0.15, 0.2) is 17.3 Å². The maximum Gasteiger partial charge on any atom is 1.00 e. The van der Waals surface area contributed by atoms with Crippen molar-refractivity contribution in [2.45, 2.75) is 0 Å². The molecule has 0 aliphatic carbocycles. The Morgan fingerprint density at radius 3 is 2.83 bits per heavy atom. The number of rotatable bonds is 0. The number of hydrogen-bond acceptors (Lipinski definition) is 4. The standard InChI is InChI=1S/C5H4N4O.Na.H2O/c10-5-3-1-8-9-4(3)6-2-7-5;;/h1-2H,(H2,6,7,8,9,10);;1H2/q;+1;/p-1. The molecule has 0 atom stereocenters. The molecule has 2 aromatic rings. The number of H-pyrrole nitrogens is 2. The topological polar surface area (TPSA) is 104 Å². The summed E-state index contributed by atoms with van der Waals surface area (Å²) >= 11 is 0. The van der Waals surface area contributed by atoms with Crippen molar-refractivity contribution in [3.8, 4) is 0 Å². The summed E-state index contributed by atoms with van der Waals surface area (Å²) in [5, 5.41) is 6.72. The van der Waals surface area contributed by atoms with Gasteiger partial charge in [-0.05, 0) is 0 Å². The third kappa shape index (κ3) is 1.72. The number of nitrogens with zero attached hydrogens (tertiary/aromatic N) is 2. The van der Waals surface area contributed by atoms with Gasteiger partial charge in [0.05, 0.1) is 12.5 Å². The van der Waals surface area contributed by atoms with Gasteiger partial charge >= 0.3 is 29.6 Å². The third-order valence-corrected chi connectivity index (χ3v) is 1.25.